The molecule has 2 aromatic rings. The van der Waals surface area contributed by atoms with Gasteiger partial charge in [-0.25, -0.2) is 0 Å². The summed E-state index contributed by atoms with van der Waals surface area (Å²) in [6.07, 6.45) is 0.406. The molecule has 0 N–H and O–H groups in total. The van der Waals surface area contributed by atoms with E-state index in [0.717, 1.165) is 22.3 Å². The number of carbonyl (C=O) groups excluding carboxylic acids is 2. The Hall–Kier alpha value is -2.62. The van der Waals surface area contributed by atoms with Crippen LogP contribution in [0.5, 0.6) is 0 Å². The van der Waals surface area contributed by atoms with E-state index >= 15 is 0 Å². The molecule has 0 atom stereocenters. The fourth-order valence-corrected chi connectivity index (χ4v) is 3.17. The molecule has 0 aliphatic heterocycles. The van der Waals surface area contributed by atoms with E-state index in [2.05, 4.69) is 0 Å². The number of esters is 2. The van der Waals surface area contributed by atoms with Gasteiger partial charge in [0.25, 0.3) is 0 Å². The first kappa shape index (κ1) is 16.2. The highest BCUT2D eigenvalue weighted by molar-refractivity contribution is 5.84. The van der Waals surface area contributed by atoms with Crippen molar-refractivity contribution in [1.29, 1.82) is 0 Å². The van der Waals surface area contributed by atoms with Crippen molar-refractivity contribution in [1.82, 2.24) is 0 Å². The SMILES string of the molecule is CCC(=O)OC1(OC(=O)CC)c2ccccc2-c2cccc(C)c21. The van der Waals surface area contributed by atoms with Crippen LogP contribution in [-0.4, -0.2) is 11.9 Å². The molecule has 0 saturated heterocycles. The molecule has 24 heavy (non-hydrogen) atoms. The Balaban J connectivity index is 2.30. The normalized spacial score (nSPS) is 13.8. The van der Waals surface area contributed by atoms with E-state index in [-0.39, 0.29) is 12.8 Å². The number of aryl methyl sites for hydroxylation is 1. The summed E-state index contributed by atoms with van der Waals surface area (Å²) >= 11 is 0. The number of hydrogen-bond donors (Lipinski definition) is 0. The number of rotatable bonds is 4. The van der Waals surface area contributed by atoms with Crippen molar-refractivity contribution in [2.75, 3.05) is 0 Å². The highest BCUT2D eigenvalue weighted by Crippen LogP contribution is 2.51. The van der Waals surface area contributed by atoms with Gasteiger partial charge in [0.1, 0.15) is 0 Å². The van der Waals surface area contributed by atoms with Crippen molar-refractivity contribution < 1.29 is 19.1 Å². The zero-order chi connectivity index (χ0) is 17.3. The highest BCUT2D eigenvalue weighted by Gasteiger charge is 2.51. The monoisotopic (exact) mass is 324 g/mol. The third kappa shape index (κ3) is 2.39. The summed E-state index contributed by atoms with van der Waals surface area (Å²) in [5, 5.41) is 0. The van der Waals surface area contributed by atoms with Crippen molar-refractivity contribution in [3.05, 3.63) is 59.2 Å². The smallest absolute Gasteiger partial charge is 0.312 e. The minimum Gasteiger partial charge on any atom is -0.414 e. The summed E-state index contributed by atoms with van der Waals surface area (Å²) in [6.45, 7) is 5.37. The van der Waals surface area contributed by atoms with Gasteiger partial charge in [0.15, 0.2) is 0 Å². The predicted molar refractivity (Wildman–Crippen MR) is 90.2 cm³/mol. The second-order valence-corrected chi connectivity index (χ2v) is 5.81. The van der Waals surface area contributed by atoms with Crippen molar-refractivity contribution >= 4 is 11.9 Å². The van der Waals surface area contributed by atoms with E-state index in [0.29, 0.717) is 5.56 Å². The summed E-state index contributed by atoms with van der Waals surface area (Å²) in [5.41, 5.74) is 4.19. The van der Waals surface area contributed by atoms with Crippen LogP contribution in [0.25, 0.3) is 11.1 Å². The Morgan fingerprint density at radius 1 is 0.875 bits per heavy atom. The van der Waals surface area contributed by atoms with Crippen molar-refractivity contribution in [2.45, 2.75) is 39.4 Å². The fraction of sp³-hybridized carbons (Fsp3) is 0.300. The van der Waals surface area contributed by atoms with Crippen LogP contribution in [-0.2, 0) is 24.8 Å². The quantitative estimate of drug-likeness (QED) is 0.628. The molecule has 0 bridgehead atoms. The van der Waals surface area contributed by atoms with E-state index in [1.807, 2.05) is 49.4 Å². The lowest BCUT2D eigenvalue weighted by molar-refractivity contribution is -0.217. The predicted octanol–water partition coefficient (Wildman–Crippen LogP) is 4.08. The molecule has 0 spiro atoms. The van der Waals surface area contributed by atoms with Gasteiger partial charge in [-0.1, -0.05) is 56.3 Å². The zero-order valence-corrected chi connectivity index (χ0v) is 14.1. The van der Waals surface area contributed by atoms with Crippen molar-refractivity contribution in [3.8, 4) is 11.1 Å². The number of carbonyl (C=O) groups is 2. The number of fused-ring (bicyclic) bond motifs is 3. The third-order valence-corrected chi connectivity index (χ3v) is 4.27. The molecule has 0 unspecified atom stereocenters. The summed E-state index contributed by atoms with van der Waals surface area (Å²) in [7, 11) is 0. The van der Waals surface area contributed by atoms with Gasteiger partial charge in [-0.3, -0.25) is 9.59 Å². The lowest BCUT2D eigenvalue weighted by Crippen LogP contribution is -2.37. The van der Waals surface area contributed by atoms with E-state index in [1.165, 1.54) is 0 Å². The molecule has 4 heteroatoms. The lowest BCUT2D eigenvalue weighted by atomic mass is 9.98. The molecule has 2 aromatic carbocycles. The van der Waals surface area contributed by atoms with Gasteiger partial charge in [0.05, 0.1) is 5.56 Å². The summed E-state index contributed by atoms with van der Waals surface area (Å²) in [5.74, 6) is -2.33. The molecule has 1 aliphatic carbocycles. The first-order chi connectivity index (χ1) is 11.5. The van der Waals surface area contributed by atoms with Crippen LogP contribution < -0.4 is 0 Å². The van der Waals surface area contributed by atoms with Gasteiger partial charge in [-0.05, 0) is 23.6 Å². The maximum atomic E-state index is 12.2. The number of hydrogen-bond acceptors (Lipinski definition) is 4. The summed E-state index contributed by atoms with van der Waals surface area (Å²) < 4.78 is 11.5. The zero-order valence-electron chi connectivity index (χ0n) is 14.1. The maximum Gasteiger partial charge on any atom is 0.312 e. The van der Waals surface area contributed by atoms with Crippen LogP contribution in [0.4, 0.5) is 0 Å². The molecule has 0 amide bonds. The molecule has 0 radical (unpaired) electrons. The first-order valence-electron chi connectivity index (χ1n) is 8.17. The minimum absolute atomic E-state index is 0.203. The molecule has 0 aromatic heterocycles. The van der Waals surface area contributed by atoms with Gasteiger partial charge in [-0.15, -0.1) is 0 Å². The van der Waals surface area contributed by atoms with Crippen LogP contribution in [0.1, 0.15) is 43.4 Å². The van der Waals surface area contributed by atoms with Gasteiger partial charge >= 0.3 is 17.7 Å². The van der Waals surface area contributed by atoms with E-state index < -0.39 is 17.7 Å². The Kier molecular flexibility index (Phi) is 4.14. The van der Waals surface area contributed by atoms with Gasteiger partial charge in [0.2, 0.25) is 0 Å². The lowest BCUT2D eigenvalue weighted by Gasteiger charge is -2.31. The first-order valence-corrected chi connectivity index (χ1v) is 8.17. The second-order valence-electron chi connectivity index (χ2n) is 5.81. The average Bonchev–Trinajstić information content (AvgIpc) is 2.86. The molecular weight excluding hydrogens is 304 g/mol. The van der Waals surface area contributed by atoms with Crippen LogP contribution >= 0.6 is 0 Å². The Bertz CT molecular complexity index is 789. The Morgan fingerprint density at radius 2 is 1.46 bits per heavy atom. The van der Waals surface area contributed by atoms with Gasteiger partial charge < -0.3 is 9.47 Å². The van der Waals surface area contributed by atoms with Crippen LogP contribution in [0.2, 0.25) is 0 Å². The highest BCUT2D eigenvalue weighted by atomic mass is 16.7. The van der Waals surface area contributed by atoms with Crippen molar-refractivity contribution in [2.24, 2.45) is 0 Å². The molecule has 4 nitrogen and oxygen atoms in total. The Labute approximate surface area is 141 Å². The molecule has 0 heterocycles. The summed E-state index contributed by atoms with van der Waals surface area (Å²) in [6, 6.07) is 13.4. The van der Waals surface area contributed by atoms with Crippen LogP contribution in [0.3, 0.4) is 0 Å². The third-order valence-electron chi connectivity index (χ3n) is 4.27. The average molecular weight is 324 g/mol. The molecule has 0 saturated carbocycles. The second kappa shape index (κ2) is 6.11. The molecule has 1 aliphatic rings. The van der Waals surface area contributed by atoms with E-state index in [4.69, 9.17) is 9.47 Å². The van der Waals surface area contributed by atoms with E-state index in [1.54, 1.807) is 13.8 Å². The van der Waals surface area contributed by atoms with Gasteiger partial charge in [0, 0.05) is 18.4 Å². The molecule has 124 valence electrons. The Morgan fingerprint density at radius 3 is 2.08 bits per heavy atom. The largest absolute Gasteiger partial charge is 0.414 e. The number of benzene rings is 2. The van der Waals surface area contributed by atoms with Crippen molar-refractivity contribution in [3.63, 3.8) is 0 Å². The maximum absolute atomic E-state index is 12.2. The molecule has 3 rings (SSSR count). The number of ether oxygens (including phenoxy) is 2. The standard InChI is InChI=1S/C20H20O4/c1-4-17(21)23-20(24-18(22)5-2)16-12-7-6-10-14(16)15-11-8-9-13(3)19(15)20/h6-12H,4-5H2,1-3H3. The van der Waals surface area contributed by atoms with E-state index in [9.17, 15) is 9.59 Å². The topological polar surface area (TPSA) is 52.6 Å². The molecule has 0 fully saturated rings. The minimum atomic E-state index is -1.50. The molecular formula is C20H20O4. The fourth-order valence-electron chi connectivity index (χ4n) is 3.17. The van der Waals surface area contributed by atoms with Gasteiger partial charge in [-0.2, -0.15) is 0 Å². The summed E-state index contributed by atoms with van der Waals surface area (Å²) in [4.78, 5) is 24.3. The van der Waals surface area contributed by atoms with Crippen LogP contribution in [0.15, 0.2) is 42.5 Å². The van der Waals surface area contributed by atoms with Crippen LogP contribution in [0, 0.1) is 6.92 Å².